The summed E-state index contributed by atoms with van der Waals surface area (Å²) in [6, 6.07) is 41.0. The van der Waals surface area contributed by atoms with Gasteiger partial charge in [0.2, 0.25) is 0 Å². The minimum absolute atomic E-state index is 0.400. The molecule has 7 aromatic carbocycles. The minimum Gasteiger partial charge on any atom is -0.376 e. The first-order valence-corrected chi connectivity index (χ1v) is 14.6. The fourth-order valence-electron chi connectivity index (χ4n) is 5.70. The smallest absolute Gasteiger partial charge is 0.376 e. The lowest BCUT2D eigenvalue weighted by atomic mass is 9.85. The molecule has 0 aromatic heterocycles. The number of alkyl halides is 3. The molecule has 0 amide bonds. The van der Waals surface area contributed by atoms with Crippen molar-refractivity contribution in [2.45, 2.75) is 5.51 Å². The Morgan fingerprint density at radius 2 is 0.881 bits per heavy atom. The highest BCUT2D eigenvalue weighted by Crippen LogP contribution is 2.44. The lowest BCUT2D eigenvalue weighted by molar-refractivity contribution is -0.0500. The van der Waals surface area contributed by atoms with Crippen molar-refractivity contribution in [2.24, 2.45) is 0 Å². The summed E-state index contributed by atoms with van der Waals surface area (Å²) < 4.78 is 65.8. The van der Waals surface area contributed by atoms with Crippen molar-refractivity contribution >= 4 is 53.2 Å². The number of hydrogen-bond acceptors (Lipinski definition) is 3. The molecule has 0 N–H and O–H groups in total. The van der Waals surface area contributed by atoms with Crippen molar-refractivity contribution in [3.63, 3.8) is 0 Å². The Morgan fingerprint density at radius 3 is 1.40 bits per heavy atom. The molecule has 0 saturated heterocycles. The zero-order valence-electron chi connectivity index (χ0n) is 21.9. The monoisotopic (exact) mass is 578 g/mol. The van der Waals surface area contributed by atoms with Crippen LogP contribution in [-0.4, -0.2) is 13.9 Å². The summed E-state index contributed by atoms with van der Waals surface area (Å²) in [4.78, 5) is 0. The van der Waals surface area contributed by atoms with Crippen LogP contribution in [0, 0.1) is 0 Å². The molecule has 0 aliphatic carbocycles. The topological polar surface area (TPSA) is 43.4 Å². The summed E-state index contributed by atoms with van der Waals surface area (Å²) in [6.45, 7) is 0. The lowest BCUT2D eigenvalue weighted by Crippen LogP contribution is -2.28. The van der Waals surface area contributed by atoms with Gasteiger partial charge in [-0.25, -0.2) is 0 Å². The van der Waals surface area contributed by atoms with Crippen LogP contribution in [0.4, 0.5) is 13.2 Å². The van der Waals surface area contributed by atoms with Gasteiger partial charge in [0, 0.05) is 0 Å². The van der Waals surface area contributed by atoms with E-state index in [4.69, 9.17) is 0 Å². The molecule has 0 spiro atoms. The van der Waals surface area contributed by atoms with Gasteiger partial charge >= 0.3 is 15.6 Å². The van der Waals surface area contributed by atoms with Crippen LogP contribution in [0.3, 0.4) is 0 Å². The fourth-order valence-corrected chi connectivity index (χ4v) is 6.15. The van der Waals surface area contributed by atoms with Crippen molar-refractivity contribution in [3.8, 4) is 28.0 Å². The molecule has 0 heterocycles. The molecule has 0 radical (unpaired) electrons. The van der Waals surface area contributed by atoms with Crippen LogP contribution < -0.4 is 4.18 Å². The zero-order valence-corrected chi connectivity index (χ0v) is 22.7. The predicted octanol–water partition coefficient (Wildman–Crippen LogP) is 9.86. The Morgan fingerprint density at radius 1 is 0.476 bits per heavy atom. The molecule has 7 aromatic rings. The Balaban J connectivity index is 1.43. The fraction of sp³-hybridized carbons (Fsp3) is 0.0286. The molecule has 0 bridgehead atoms. The van der Waals surface area contributed by atoms with E-state index in [-0.39, 0.29) is 0 Å². The number of halogens is 3. The second kappa shape index (κ2) is 9.60. The summed E-state index contributed by atoms with van der Waals surface area (Å²) in [6.07, 6.45) is 0. The molecule has 7 heteroatoms. The summed E-state index contributed by atoms with van der Waals surface area (Å²) in [5.41, 5.74) is -1.28. The van der Waals surface area contributed by atoms with Crippen LogP contribution in [0.1, 0.15) is 0 Å². The first-order valence-electron chi connectivity index (χ1n) is 13.2. The van der Waals surface area contributed by atoms with E-state index in [1.807, 2.05) is 48.5 Å². The Kier molecular flexibility index (Phi) is 5.95. The second-order valence-corrected chi connectivity index (χ2v) is 11.6. The molecule has 0 unspecified atom stereocenters. The van der Waals surface area contributed by atoms with Crippen LogP contribution in [0.15, 0.2) is 127 Å². The van der Waals surface area contributed by atoms with Gasteiger partial charge in [-0.2, -0.15) is 21.6 Å². The third kappa shape index (κ3) is 4.33. The van der Waals surface area contributed by atoms with E-state index in [1.54, 1.807) is 12.1 Å². The average molecular weight is 579 g/mol. The lowest BCUT2D eigenvalue weighted by Gasteiger charge is -2.18. The highest BCUT2D eigenvalue weighted by atomic mass is 32.2. The van der Waals surface area contributed by atoms with E-state index in [1.165, 1.54) is 17.5 Å². The van der Waals surface area contributed by atoms with E-state index in [0.29, 0.717) is 5.39 Å². The van der Waals surface area contributed by atoms with Gasteiger partial charge in [-0.1, -0.05) is 103 Å². The van der Waals surface area contributed by atoms with E-state index in [0.717, 1.165) is 54.6 Å². The van der Waals surface area contributed by atoms with Gasteiger partial charge in [-0.05, 0) is 89.6 Å². The summed E-state index contributed by atoms with van der Waals surface area (Å²) in [5.74, 6) is -0.400. The molecule has 0 atom stereocenters. The van der Waals surface area contributed by atoms with Crippen molar-refractivity contribution < 1.29 is 25.8 Å². The van der Waals surface area contributed by atoms with Gasteiger partial charge < -0.3 is 4.18 Å². The standard InChI is InChI=1S/C35H21F3O3S/c36-35(37,38)42(39,40)41-28-18-17-24-20-27(16-14-25(24)21-28)34-31-11-5-3-9-29(31)33(30-10-4-6-12-32(30)34)26-15-13-22-7-1-2-8-23(22)19-26/h1-21H. The first kappa shape index (κ1) is 26.0. The maximum Gasteiger partial charge on any atom is 0.534 e. The Labute approximate surface area is 239 Å². The Hall–Kier alpha value is -4.88. The van der Waals surface area contributed by atoms with E-state index in [9.17, 15) is 21.6 Å². The number of rotatable bonds is 4. The van der Waals surface area contributed by atoms with Gasteiger partial charge in [0.05, 0.1) is 0 Å². The van der Waals surface area contributed by atoms with Gasteiger partial charge in [-0.15, -0.1) is 0 Å². The van der Waals surface area contributed by atoms with Gasteiger partial charge in [-0.3, -0.25) is 0 Å². The summed E-state index contributed by atoms with van der Waals surface area (Å²) in [5, 5.41) is 7.95. The van der Waals surface area contributed by atoms with Crippen LogP contribution in [0.5, 0.6) is 5.75 Å². The predicted molar refractivity (Wildman–Crippen MR) is 163 cm³/mol. The molecule has 0 aliphatic heterocycles. The third-order valence-electron chi connectivity index (χ3n) is 7.56. The van der Waals surface area contributed by atoms with E-state index < -0.39 is 21.4 Å². The van der Waals surface area contributed by atoms with Crippen LogP contribution in [-0.2, 0) is 10.1 Å². The number of fused-ring (bicyclic) bond motifs is 4. The normalized spacial score (nSPS) is 12.4. The van der Waals surface area contributed by atoms with Gasteiger partial charge in [0.1, 0.15) is 5.75 Å². The number of hydrogen-bond donors (Lipinski definition) is 0. The van der Waals surface area contributed by atoms with Crippen LogP contribution >= 0.6 is 0 Å². The minimum atomic E-state index is -5.76. The molecule has 42 heavy (non-hydrogen) atoms. The zero-order chi connectivity index (χ0) is 29.1. The number of benzene rings is 7. The van der Waals surface area contributed by atoms with Crippen molar-refractivity contribution in [2.75, 3.05) is 0 Å². The molecule has 7 rings (SSSR count). The van der Waals surface area contributed by atoms with Crippen molar-refractivity contribution in [1.82, 2.24) is 0 Å². The molecule has 0 aliphatic rings. The van der Waals surface area contributed by atoms with Crippen LogP contribution in [0.25, 0.3) is 65.3 Å². The maximum absolute atomic E-state index is 12.8. The van der Waals surface area contributed by atoms with Crippen LogP contribution in [0.2, 0.25) is 0 Å². The average Bonchev–Trinajstić information content (AvgIpc) is 2.98. The summed E-state index contributed by atoms with van der Waals surface area (Å²) >= 11 is 0. The maximum atomic E-state index is 12.8. The van der Waals surface area contributed by atoms with Gasteiger partial charge in [0.25, 0.3) is 0 Å². The molecule has 0 saturated carbocycles. The summed E-state index contributed by atoms with van der Waals surface area (Å²) in [7, 11) is -5.76. The molecule has 0 fully saturated rings. The molecular weight excluding hydrogens is 557 g/mol. The highest BCUT2D eigenvalue weighted by Gasteiger charge is 2.48. The SMILES string of the molecule is O=S(=O)(Oc1ccc2cc(-c3c4ccccc4c(-c4ccc5ccccc5c4)c4ccccc34)ccc2c1)C(F)(F)F. The molecule has 206 valence electrons. The molecular formula is C35H21F3O3S. The third-order valence-corrected chi connectivity index (χ3v) is 8.54. The highest BCUT2D eigenvalue weighted by molar-refractivity contribution is 7.88. The largest absolute Gasteiger partial charge is 0.534 e. The quantitative estimate of drug-likeness (QED) is 0.119. The van der Waals surface area contributed by atoms with Crippen molar-refractivity contribution in [1.29, 1.82) is 0 Å². The van der Waals surface area contributed by atoms with Gasteiger partial charge in [0.15, 0.2) is 0 Å². The van der Waals surface area contributed by atoms with Crippen molar-refractivity contribution in [3.05, 3.63) is 127 Å². The Bertz CT molecular complexity index is 2230. The second-order valence-electron chi connectivity index (χ2n) is 10.1. The van der Waals surface area contributed by atoms with E-state index >= 15 is 0 Å². The first-order chi connectivity index (χ1) is 20.2. The van der Waals surface area contributed by atoms with E-state index in [2.05, 4.69) is 58.8 Å². The molecule has 3 nitrogen and oxygen atoms in total.